The van der Waals surface area contributed by atoms with Gasteiger partial charge in [-0.15, -0.1) is 0 Å². The molecule has 6 nitrogen and oxygen atoms in total. The second-order valence-electron chi connectivity index (χ2n) is 4.01. The average Bonchev–Trinajstić information content (AvgIpc) is 2.83. The van der Waals surface area contributed by atoms with Crippen molar-refractivity contribution in [2.24, 2.45) is 0 Å². The van der Waals surface area contributed by atoms with Crippen LogP contribution in [0.1, 0.15) is 0 Å². The summed E-state index contributed by atoms with van der Waals surface area (Å²) < 4.78 is 1.75. The lowest BCUT2D eigenvalue weighted by Crippen LogP contribution is -2.09. The Bertz CT molecular complexity index is 751. The van der Waals surface area contributed by atoms with Gasteiger partial charge in [-0.2, -0.15) is 0 Å². The number of benzene rings is 1. The molecule has 1 N–H and O–H groups in total. The number of fused-ring (bicyclic) bond motifs is 1. The lowest BCUT2D eigenvalue weighted by molar-refractivity contribution is -0.384. The van der Waals surface area contributed by atoms with E-state index in [4.69, 9.17) is 0 Å². The molecule has 0 aliphatic rings. The topological polar surface area (TPSA) is 73.0 Å². The minimum Gasteiger partial charge on any atom is -0.288 e. The van der Waals surface area contributed by atoms with Gasteiger partial charge < -0.3 is 0 Å². The number of anilines is 1. The lowest BCUT2D eigenvalue weighted by atomic mass is 10.3. The molecule has 0 bridgehead atoms. The van der Waals surface area contributed by atoms with E-state index in [1.54, 1.807) is 10.7 Å². The Morgan fingerprint density at radius 2 is 2.05 bits per heavy atom. The summed E-state index contributed by atoms with van der Waals surface area (Å²) in [7, 11) is 0. The smallest absolute Gasteiger partial charge is 0.288 e. The van der Waals surface area contributed by atoms with Crippen LogP contribution in [-0.2, 0) is 0 Å². The molecule has 0 saturated carbocycles. The number of hydrogen-bond acceptors (Lipinski definition) is 4. The highest BCUT2D eigenvalue weighted by Crippen LogP contribution is 2.23. The van der Waals surface area contributed by atoms with Gasteiger partial charge in [0, 0.05) is 17.8 Å². The molecule has 0 radical (unpaired) electrons. The van der Waals surface area contributed by atoms with Crippen LogP contribution in [0.4, 0.5) is 11.4 Å². The quantitative estimate of drug-likeness (QED) is 0.576. The van der Waals surface area contributed by atoms with Gasteiger partial charge >= 0.3 is 5.69 Å². The zero-order valence-corrected chi connectivity index (χ0v) is 9.85. The third-order valence-electron chi connectivity index (χ3n) is 2.84. The maximum absolute atomic E-state index is 10.9. The van der Waals surface area contributed by atoms with Gasteiger partial charge in [0.1, 0.15) is 11.9 Å². The van der Waals surface area contributed by atoms with E-state index < -0.39 is 4.92 Å². The van der Waals surface area contributed by atoms with Crippen molar-refractivity contribution in [1.29, 1.82) is 0 Å². The standard InChI is InChI=1S/C13H10N4O2/c18-17(19)13-9-14-7-5-11(13)15-16-8-6-10-3-1-2-4-12(10)16/h1-9H,(H,14,15). The summed E-state index contributed by atoms with van der Waals surface area (Å²) in [5.74, 6) is 0. The van der Waals surface area contributed by atoms with Crippen LogP contribution in [0.5, 0.6) is 0 Å². The van der Waals surface area contributed by atoms with Crippen LogP contribution in [-0.4, -0.2) is 14.6 Å². The van der Waals surface area contributed by atoms with Crippen molar-refractivity contribution in [3.05, 3.63) is 65.1 Å². The molecule has 0 spiro atoms. The zero-order chi connectivity index (χ0) is 13.2. The third-order valence-corrected chi connectivity index (χ3v) is 2.84. The summed E-state index contributed by atoms with van der Waals surface area (Å²) in [5, 5.41) is 12.0. The molecule has 0 unspecified atom stereocenters. The number of aromatic nitrogens is 2. The van der Waals surface area contributed by atoms with E-state index in [0.29, 0.717) is 5.69 Å². The van der Waals surface area contributed by atoms with Crippen molar-refractivity contribution in [3.63, 3.8) is 0 Å². The number of pyridine rings is 1. The van der Waals surface area contributed by atoms with Crippen LogP contribution in [0.3, 0.4) is 0 Å². The summed E-state index contributed by atoms with van der Waals surface area (Å²) in [5.41, 5.74) is 4.31. The molecule has 0 amide bonds. The third kappa shape index (κ3) is 1.99. The van der Waals surface area contributed by atoms with Gasteiger partial charge in [-0.3, -0.25) is 25.2 Å². The Morgan fingerprint density at radius 3 is 2.89 bits per heavy atom. The summed E-state index contributed by atoms with van der Waals surface area (Å²) in [6, 6.07) is 11.3. The molecule has 3 aromatic rings. The van der Waals surface area contributed by atoms with Crippen molar-refractivity contribution >= 4 is 22.3 Å². The number of hydrogen-bond donors (Lipinski definition) is 1. The van der Waals surface area contributed by atoms with Crippen LogP contribution in [0, 0.1) is 10.1 Å². The van der Waals surface area contributed by atoms with Gasteiger partial charge in [0.25, 0.3) is 0 Å². The first-order chi connectivity index (χ1) is 9.25. The molecule has 2 aromatic heterocycles. The second-order valence-corrected chi connectivity index (χ2v) is 4.01. The van der Waals surface area contributed by atoms with E-state index in [1.165, 1.54) is 12.4 Å². The van der Waals surface area contributed by atoms with Gasteiger partial charge in [0.2, 0.25) is 0 Å². The van der Waals surface area contributed by atoms with Crippen LogP contribution in [0.15, 0.2) is 55.0 Å². The molecule has 0 atom stereocenters. The molecule has 19 heavy (non-hydrogen) atoms. The molecule has 6 heteroatoms. The molecule has 1 aromatic carbocycles. The molecule has 3 rings (SSSR count). The predicted molar refractivity (Wildman–Crippen MR) is 71.9 cm³/mol. The number of para-hydroxylation sites is 1. The van der Waals surface area contributed by atoms with Gasteiger partial charge in [-0.05, 0) is 18.2 Å². The molecule has 0 fully saturated rings. The number of nitrogens with one attached hydrogen (secondary N) is 1. The van der Waals surface area contributed by atoms with Crippen molar-refractivity contribution in [2.45, 2.75) is 0 Å². The largest absolute Gasteiger partial charge is 0.312 e. The highest BCUT2D eigenvalue weighted by molar-refractivity contribution is 5.81. The first-order valence-corrected chi connectivity index (χ1v) is 5.67. The lowest BCUT2D eigenvalue weighted by Gasteiger charge is -2.09. The maximum Gasteiger partial charge on any atom is 0.312 e. The van der Waals surface area contributed by atoms with Crippen molar-refractivity contribution in [2.75, 3.05) is 5.43 Å². The predicted octanol–water partition coefficient (Wildman–Crippen LogP) is 2.82. The Morgan fingerprint density at radius 1 is 1.21 bits per heavy atom. The SMILES string of the molecule is O=[N+]([O-])c1cnccc1Nn1ccc2ccccc21. The zero-order valence-electron chi connectivity index (χ0n) is 9.85. The van der Waals surface area contributed by atoms with Crippen molar-refractivity contribution in [1.82, 2.24) is 9.66 Å². The van der Waals surface area contributed by atoms with Crippen LogP contribution in [0.25, 0.3) is 10.9 Å². The van der Waals surface area contributed by atoms with E-state index in [1.807, 2.05) is 36.5 Å². The first kappa shape index (κ1) is 11.2. The summed E-state index contributed by atoms with van der Waals surface area (Å²) in [6.07, 6.45) is 4.57. The maximum atomic E-state index is 10.9. The van der Waals surface area contributed by atoms with Gasteiger partial charge in [-0.1, -0.05) is 18.2 Å². The monoisotopic (exact) mass is 254 g/mol. The van der Waals surface area contributed by atoms with E-state index in [9.17, 15) is 10.1 Å². The van der Waals surface area contributed by atoms with E-state index in [0.717, 1.165) is 10.9 Å². The molecule has 94 valence electrons. The normalized spacial score (nSPS) is 10.5. The van der Waals surface area contributed by atoms with Gasteiger partial charge in [0.05, 0.1) is 10.4 Å². The first-order valence-electron chi connectivity index (χ1n) is 5.67. The number of nitrogens with zero attached hydrogens (tertiary/aromatic N) is 3. The Labute approximate surface area is 108 Å². The van der Waals surface area contributed by atoms with Gasteiger partial charge in [0.15, 0.2) is 0 Å². The van der Waals surface area contributed by atoms with E-state index in [-0.39, 0.29) is 5.69 Å². The second kappa shape index (κ2) is 4.41. The summed E-state index contributed by atoms with van der Waals surface area (Å²) >= 11 is 0. The van der Waals surface area contributed by atoms with Crippen molar-refractivity contribution < 1.29 is 4.92 Å². The molecule has 2 heterocycles. The van der Waals surface area contributed by atoms with Crippen LogP contribution < -0.4 is 5.43 Å². The molecule has 0 saturated heterocycles. The van der Waals surface area contributed by atoms with Crippen molar-refractivity contribution in [3.8, 4) is 0 Å². The highest BCUT2D eigenvalue weighted by atomic mass is 16.6. The number of nitro groups is 1. The van der Waals surface area contributed by atoms with E-state index in [2.05, 4.69) is 10.4 Å². The fourth-order valence-corrected chi connectivity index (χ4v) is 1.94. The fraction of sp³-hybridized carbons (Fsp3) is 0. The minimum absolute atomic E-state index is 0.0553. The molecule has 0 aliphatic heterocycles. The highest BCUT2D eigenvalue weighted by Gasteiger charge is 2.13. The molecule has 0 aliphatic carbocycles. The Hall–Kier alpha value is -2.89. The summed E-state index contributed by atoms with van der Waals surface area (Å²) in [4.78, 5) is 14.2. The van der Waals surface area contributed by atoms with Crippen LogP contribution in [0.2, 0.25) is 0 Å². The van der Waals surface area contributed by atoms with Gasteiger partial charge in [-0.25, -0.2) is 0 Å². The molecular formula is C13H10N4O2. The fourth-order valence-electron chi connectivity index (χ4n) is 1.94. The van der Waals surface area contributed by atoms with E-state index >= 15 is 0 Å². The molecular weight excluding hydrogens is 244 g/mol. The Kier molecular flexibility index (Phi) is 2.60. The summed E-state index contributed by atoms with van der Waals surface area (Å²) in [6.45, 7) is 0. The average molecular weight is 254 g/mol. The van der Waals surface area contributed by atoms with Crippen LogP contribution >= 0.6 is 0 Å². The minimum atomic E-state index is -0.457. The number of rotatable bonds is 3. The Balaban J connectivity index is 2.04.